The molecule has 2 amide bonds. The summed E-state index contributed by atoms with van der Waals surface area (Å²) >= 11 is 0. The van der Waals surface area contributed by atoms with Crippen LogP contribution in [0.3, 0.4) is 0 Å². The molecule has 0 unspecified atom stereocenters. The zero-order chi connectivity index (χ0) is 22.2. The molecule has 2 heterocycles. The number of amides is 2. The van der Waals surface area contributed by atoms with Crippen molar-refractivity contribution in [3.8, 4) is 0 Å². The first-order valence-corrected chi connectivity index (χ1v) is 9.92. The van der Waals surface area contributed by atoms with Crippen LogP contribution in [0.15, 0.2) is 60.9 Å². The van der Waals surface area contributed by atoms with Crippen LogP contribution < -0.4 is 16.0 Å². The van der Waals surface area contributed by atoms with Crippen LogP contribution in [0.2, 0.25) is 0 Å². The summed E-state index contributed by atoms with van der Waals surface area (Å²) in [4.78, 5) is 23.1. The minimum absolute atomic E-state index is 0.172. The van der Waals surface area contributed by atoms with Crippen LogP contribution in [0, 0.1) is 12.3 Å². The number of hydrogen-bond donors (Lipinski definition) is 4. The Kier molecular flexibility index (Phi) is 7.29. The Bertz CT molecular complexity index is 1040. The van der Waals surface area contributed by atoms with Gasteiger partial charge in [0, 0.05) is 35.9 Å². The van der Waals surface area contributed by atoms with Gasteiger partial charge >= 0.3 is 6.03 Å². The molecule has 1 aromatic carbocycles. The fourth-order valence-corrected chi connectivity index (χ4v) is 3.14. The minimum Gasteiger partial charge on any atom is -0.354 e. The number of nitrogens with one attached hydrogen (secondary N) is 4. The number of benzene rings is 1. The van der Waals surface area contributed by atoms with Crippen molar-refractivity contribution in [3.63, 3.8) is 0 Å². The van der Waals surface area contributed by atoms with E-state index in [0.717, 1.165) is 16.9 Å². The molecule has 0 radical (unpaired) electrons. The summed E-state index contributed by atoms with van der Waals surface area (Å²) in [5.41, 5.74) is 4.03. The number of likely N-dealkylation sites (N-methyl/N-ethyl adjacent to an activating group) is 1. The highest BCUT2D eigenvalue weighted by Crippen LogP contribution is 2.21. The minimum atomic E-state index is -0.357. The summed E-state index contributed by atoms with van der Waals surface area (Å²) in [6, 6.07) is 14.7. The van der Waals surface area contributed by atoms with Crippen molar-refractivity contribution in [2.45, 2.75) is 13.0 Å². The van der Waals surface area contributed by atoms with Gasteiger partial charge in [0.25, 0.3) is 0 Å². The largest absolute Gasteiger partial charge is 0.354 e. The first kappa shape index (κ1) is 21.9. The van der Waals surface area contributed by atoms with E-state index in [0.29, 0.717) is 23.6 Å². The molecule has 0 saturated carbocycles. The fraction of sp³-hybridized carbons (Fsp3) is 0.217. The second kappa shape index (κ2) is 10.3. The molecule has 0 saturated heterocycles. The zero-order valence-corrected chi connectivity index (χ0v) is 17.9. The molecule has 31 heavy (non-hydrogen) atoms. The summed E-state index contributed by atoms with van der Waals surface area (Å²) in [5, 5.41) is 16.7. The van der Waals surface area contributed by atoms with Crippen LogP contribution in [-0.2, 0) is 0 Å². The molecular formula is C23H27N7O. The Morgan fingerprint density at radius 3 is 2.61 bits per heavy atom. The molecule has 160 valence electrons. The van der Waals surface area contributed by atoms with Gasteiger partial charge in [-0.15, -0.1) is 0 Å². The van der Waals surface area contributed by atoms with Gasteiger partial charge in [-0.2, -0.15) is 0 Å². The standard InChI is InChI=1S/C23H27N7O/c1-16-11-19(9-10-25-16)27-20-14-26-22(12-18(20)13-24)29-23(31)28-21(15-30(2)3)17-7-5-4-6-8-17/h4-14,21,24H,15H2,1-3H3,(H,25,27)(H2,26,28,29,31)/t21-/m1/s1. The predicted molar refractivity (Wildman–Crippen MR) is 124 cm³/mol. The number of rotatable bonds is 8. The van der Waals surface area contributed by atoms with Crippen molar-refractivity contribution in [2.24, 2.45) is 0 Å². The maximum atomic E-state index is 12.6. The van der Waals surface area contributed by atoms with Gasteiger partial charge in [-0.3, -0.25) is 10.3 Å². The molecule has 3 aromatic rings. The summed E-state index contributed by atoms with van der Waals surface area (Å²) in [7, 11) is 3.92. The Hall–Kier alpha value is -3.78. The molecule has 0 spiro atoms. The molecule has 0 fully saturated rings. The van der Waals surface area contributed by atoms with Crippen LogP contribution in [0.1, 0.15) is 22.9 Å². The summed E-state index contributed by atoms with van der Waals surface area (Å²) < 4.78 is 0. The van der Waals surface area contributed by atoms with Crippen molar-refractivity contribution in [2.75, 3.05) is 31.3 Å². The highest BCUT2D eigenvalue weighted by Gasteiger charge is 2.16. The van der Waals surface area contributed by atoms with Crippen molar-refractivity contribution in [1.29, 1.82) is 5.41 Å². The van der Waals surface area contributed by atoms with Crippen molar-refractivity contribution in [3.05, 3.63) is 77.7 Å². The smallest absolute Gasteiger partial charge is 0.320 e. The highest BCUT2D eigenvalue weighted by molar-refractivity contribution is 5.92. The predicted octanol–water partition coefficient (Wildman–Crippen LogP) is 3.95. The molecule has 8 heteroatoms. The van der Waals surface area contributed by atoms with Gasteiger partial charge in [-0.1, -0.05) is 30.3 Å². The first-order valence-electron chi connectivity index (χ1n) is 9.92. The van der Waals surface area contributed by atoms with Gasteiger partial charge in [0.2, 0.25) is 0 Å². The number of hydrogen-bond acceptors (Lipinski definition) is 6. The topological polar surface area (TPSA) is 106 Å². The van der Waals surface area contributed by atoms with Gasteiger partial charge in [0.1, 0.15) is 5.82 Å². The van der Waals surface area contributed by atoms with Gasteiger partial charge < -0.3 is 20.9 Å². The maximum absolute atomic E-state index is 12.6. The molecular weight excluding hydrogens is 390 g/mol. The van der Waals surface area contributed by atoms with E-state index in [4.69, 9.17) is 5.41 Å². The van der Waals surface area contributed by atoms with Crippen LogP contribution in [-0.4, -0.2) is 47.8 Å². The molecule has 0 aliphatic carbocycles. The number of nitrogens with zero attached hydrogens (tertiary/aromatic N) is 3. The van der Waals surface area contributed by atoms with Crippen molar-refractivity contribution in [1.82, 2.24) is 20.2 Å². The first-order chi connectivity index (χ1) is 14.9. The zero-order valence-electron chi connectivity index (χ0n) is 17.9. The van der Waals surface area contributed by atoms with Crippen LogP contribution >= 0.6 is 0 Å². The Balaban J connectivity index is 1.71. The molecule has 0 aliphatic heterocycles. The maximum Gasteiger partial charge on any atom is 0.320 e. The van der Waals surface area contributed by atoms with Gasteiger partial charge in [0.05, 0.1) is 17.9 Å². The number of aryl methyl sites for hydroxylation is 1. The third-order valence-corrected chi connectivity index (χ3v) is 4.56. The Morgan fingerprint density at radius 2 is 1.94 bits per heavy atom. The van der Waals surface area contributed by atoms with E-state index >= 15 is 0 Å². The van der Waals surface area contributed by atoms with Gasteiger partial charge in [-0.05, 0) is 44.8 Å². The van der Waals surface area contributed by atoms with Gasteiger partial charge in [-0.25, -0.2) is 9.78 Å². The average molecular weight is 418 g/mol. The van der Waals surface area contributed by atoms with E-state index in [1.54, 1.807) is 18.5 Å². The molecule has 3 rings (SSSR count). The number of aromatic nitrogens is 2. The fourth-order valence-electron chi connectivity index (χ4n) is 3.14. The third kappa shape index (κ3) is 6.35. The SMILES string of the molecule is Cc1cc(Nc2cnc(NC(=O)N[C@H](CN(C)C)c3ccccc3)cc2C=N)ccn1. The van der Waals surface area contributed by atoms with E-state index in [1.165, 1.54) is 6.21 Å². The molecule has 0 bridgehead atoms. The molecule has 1 atom stereocenters. The third-order valence-electron chi connectivity index (χ3n) is 4.56. The van der Waals surface area contributed by atoms with Crippen molar-refractivity contribution >= 4 is 29.4 Å². The lowest BCUT2D eigenvalue weighted by molar-refractivity contribution is 0.244. The summed E-state index contributed by atoms with van der Waals surface area (Å²) in [6.07, 6.45) is 4.53. The number of anilines is 3. The second-order valence-corrected chi connectivity index (χ2v) is 7.44. The van der Waals surface area contributed by atoms with Crippen LogP contribution in [0.25, 0.3) is 0 Å². The normalized spacial score (nSPS) is 11.6. The number of carbonyl (C=O) groups excluding carboxylic acids is 1. The number of urea groups is 1. The second-order valence-electron chi connectivity index (χ2n) is 7.44. The average Bonchev–Trinajstić information content (AvgIpc) is 2.74. The van der Waals surface area contributed by atoms with Crippen molar-refractivity contribution < 1.29 is 4.79 Å². The lowest BCUT2D eigenvalue weighted by atomic mass is 10.1. The molecule has 8 nitrogen and oxygen atoms in total. The molecule has 4 N–H and O–H groups in total. The van der Waals surface area contributed by atoms with E-state index in [2.05, 4.69) is 25.9 Å². The van der Waals surface area contributed by atoms with Crippen LogP contribution in [0.4, 0.5) is 22.0 Å². The van der Waals surface area contributed by atoms with E-state index in [9.17, 15) is 4.79 Å². The molecule has 0 aliphatic rings. The van der Waals surface area contributed by atoms with E-state index in [1.807, 2.05) is 68.4 Å². The number of carbonyl (C=O) groups is 1. The van der Waals surface area contributed by atoms with E-state index < -0.39 is 0 Å². The lowest BCUT2D eigenvalue weighted by Crippen LogP contribution is -2.38. The van der Waals surface area contributed by atoms with Gasteiger partial charge in [0.15, 0.2) is 0 Å². The molecule has 2 aromatic heterocycles. The monoisotopic (exact) mass is 417 g/mol. The van der Waals surface area contributed by atoms with Crippen LogP contribution in [0.5, 0.6) is 0 Å². The van der Waals surface area contributed by atoms with E-state index in [-0.39, 0.29) is 12.1 Å². The Labute approximate surface area is 182 Å². The highest BCUT2D eigenvalue weighted by atomic mass is 16.2. The lowest BCUT2D eigenvalue weighted by Gasteiger charge is -2.23. The number of pyridine rings is 2. The quantitative estimate of drug-likeness (QED) is 0.415. The summed E-state index contributed by atoms with van der Waals surface area (Å²) in [5.74, 6) is 0.365. The summed E-state index contributed by atoms with van der Waals surface area (Å²) in [6.45, 7) is 2.57. The Morgan fingerprint density at radius 1 is 1.16 bits per heavy atom.